The summed E-state index contributed by atoms with van der Waals surface area (Å²) < 4.78 is 4.47. The third kappa shape index (κ3) is 5.26. The number of nitrogens with zero attached hydrogens (tertiary/aromatic N) is 7. The van der Waals surface area contributed by atoms with Crippen LogP contribution in [0.5, 0.6) is 0 Å². The highest BCUT2D eigenvalue weighted by molar-refractivity contribution is 6.01. The maximum absolute atomic E-state index is 14.3. The SMILES string of the molecule is Cc1nn2cccnc2c1C(=O)N[C@H](C)c1nc2cccc(C#Cc3cnn(C)c3C(=O)C(C)N)c2c(=O)n1-c1ccccc1. The van der Waals surface area contributed by atoms with E-state index in [4.69, 9.17) is 10.7 Å². The number of nitrogens with one attached hydrogen (secondary N) is 1. The number of rotatable bonds is 6. The number of hydrogen-bond acceptors (Lipinski definition) is 8. The van der Waals surface area contributed by atoms with Gasteiger partial charge in [0.05, 0.1) is 46.1 Å². The van der Waals surface area contributed by atoms with Crippen molar-refractivity contribution >= 4 is 28.2 Å². The van der Waals surface area contributed by atoms with Crippen LogP contribution in [0.3, 0.4) is 0 Å². The number of carbonyl (C=O) groups excluding carboxylic acids is 2. The summed E-state index contributed by atoms with van der Waals surface area (Å²) >= 11 is 0. The molecule has 1 unspecified atom stereocenters. The summed E-state index contributed by atoms with van der Waals surface area (Å²) in [5, 5.41) is 11.8. The van der Waals surface area contributed by atoms with Gasteiger partial charge in [-0.05, 0) is 51.1 Å². The molecule has 12 heteroatoms. The Bertz CT molecular complexity index is 2230. The second kappa shape index (κ2) is 11.6. The van der Waals surface area contributed by atoms with E-state index in [2.05, 4.69) is 32.3 Å². The van der Waals surface area contributed by atoms with Gasteiger partial charge in [0, 0.05) is 25.0 Å². The average molecular weight is 600 g/mol. The van der Waals surface area contributed by atoms with E-state index in [-0.39, 0.29) is 11.3 Å². The molecular weight excluding hydrogens is 570 g/mol. The molecule has 4 aromatic heterocycles. The zero-order chi connectivity index (χ0) is 31.8. The number of fused-ring (bicyclic) bond motifs is 2. The van der Waals surface area contributed by atoms with Crippen molar-refractivity contribution in [2.75, 3.05) is 0 Å². The number of aryl methyl sites for hydroxylation is 2. The molecule has 6 aromatic rings. The largest absolute Gasteiger partial charge is 0.342 e. The molecule has 224 valence electrons. The summed E-state index contributed by atoms with van der Waals surface area (Å²) in [4.78, 5) is 49.8. The van der Waals surface area contributed by atoms with Crippen LogP contribution in [0.15, 0.2) is 78.0 Å². The molecule has 0 radical (unpaired) electrons. The van der Waals surface area contributed by atoms with E-state index in [0.29, 0.717) is 56.1 Å². The highest BCUT2D eigenvalue weighted by Crippen LogP contribution is 2.22. The van der Waals surface area contributed by atoms with Crippen molar-refractivity contribution in [3.63, 3.8) is 0 Å². The zero-order valence-corrected chi connectivity index (χ0v) is 25.0. The van der Waals surface area contributed by atoms with E-state index in [1.807, 2.05) is 18.2 Å². The molecule has 3 N–H and O–H groups in total. The fourth-order valence-electron chi connectivity index (χ4n) is 5.24. The van der Waals surface area contributed by atoms with Gasteiger partial charge in [0.2, 0.25) is 0 Å². The minimum Gasteiger partial charge on any atom is -0.342 e. The molecule has 0 saturated heterocycles. The fourth-order valence-corrected chi connectivity index (χ4v) is 5.24. The Morgan fingerprint density at radius 2 is 1.76 bits per heavy atom. The number of hydrogen-bond donors (Lipinski definition) is 2. The molecule has 0 fully saturated rings. The molecule has 0 aliphatic heterocycles. The maximum atomic E-state index is 14.3. The number of Topliss-reactive ketones (excluding diaryl/α,β-unsaturated/α-hetero) is 1. The number of para-hydroxylation sites is 1. The van der Waals surface area contributed by atoms with Crippen LogP contribution in [0, 0.1) is 18.8 Å². The third-order valence-corrected chi connectivity index (χ3v) is 7.39. The van der Waals surface area contributed by atoms with Gasteiger partial charge in [-0.1, -0.05) is 36.1 Å². The lowest BCUT2D eigenvalue weighted by Crippen LogP contribution is -2.33. The maximum Gasteiger partial charge on any atom is 0.267 e. The lowest BCUT2D eigenvalue weighted by molar-refractivity contribution is 0.0936. The van der Waals surface area contributed by atoms with E-state index >= 15 is 0 Å². The van der Waals surface area contributed by atoms with Gasteiger partial charge in [-0.15, -0.1) is 0 Å². The first-order chi connectivity index (χ1) is 21.7. The van der Waals surface area contributed by atoms with Crippen LogP contribution < -0.4 is 16.6 Å². The highest BCUT2D eigenvalue weighted by Gasteiger charge is 2.25. The molecule has 0 bridgehead atoms. The predicted molar refractivity (Wildman–Crippen MR) is 168 cm³/mol. The van der Waals surface area contributed by atoms with Crippen LogP contribution in [0.2, 0.25) is 0 Å². The molecular formula is C33H29N9O3. The zero-order valence-electron chi connectivity index (χ0n) is 25.0. The van der Waals surface area contributed by atoms with Crippen molar-refractivity contribution < 1.29 is 9.59 Å². The van der Waals surface area contributed by atoms with Crippen LogP contribution in [0.4, 0.5) is 0 Å². The fraction of sp³-hybridized carbons (Fsp3) is 0.182. The first-order valence-electron chi connectivity index (χ1n) is 14.2. The number of ketones is 1. The van der Waals surface area contributed by atoms with E-state index in [1.165, 1.54) is 15.4 Å². The Morgan fingerprint density at radius 1 is 1.00 bits per heavy atom. The second-order valence-electron chi connectivity index (χ2n) is 10.6. The highest BCUT2D eigenvalue weighted by atomic mass is 16.2. The standard InChI is InChI=1S/C33H29N9O3/c1-19(34)29(43)28-23(18-36-40(28)4)15-14-22-10-8-13-25-27(22)33(45)42(24-11-6-5-7-12-24)30(38-25)21(3)37-32(44)26-20(2)39-41-17-9-16-35-31(26)41/h5-13,16-19,21H,34H2,1-4H3,(H,37,44)/t19?,21-/m1/s1. The molecule has 12 nitrogen and oxygen atoms in total. The molecule has 1 amide bonds. The van der Waals surface area contributed by atoms with Gasteiger partial charge in [0.25, 0.3) is 11.5 Å². The normalized spacial score (nSPS) is 12.5. The average Bonchev–Trinajstić information content (AvgIpc) is 3.57. The summed E-state index contributed by atoms with van der Waals surface area (Å²) in [5.74, 6) is 5.71. The summed E-state index contributed by atoms with van der Waals surface area (Å²) in [7, 11) is 1.65. The Hall–Kier alpha value is -5.93. The molecule has 2 atom stereocenters. The summed E-state index contributed by atoms with van der Waals surface area (Å²) in [6.07, 6.45) is 4.82. The van der Waals surface area contributed by atoms with Crippen molar-refractivity contribution in [3.8, 4) is 17.5 Å². The van der Waals surface area contributed by atoms with Crippen molar-refractivity contribution in [3.05, 3.63) is 117 Å². The van der Waals surface area contributed by atoms with Gasteiger partial charge in [0.15, 0.2) is 11.4 Å². The molecule has 0 aliphatic carbocycles. The monoisotopic (exact) mass is 599 g/mol. The minimum absolute atomic E-state index is 0.291. The van der Waals surface area contributed by atoms with E-state index in [0.717, 1.165) is 0 Å². The van der Waals surface area contributed by atoms with Crippen molar-refractivity contribution in [1.29, 1.82) is 0 Å². The summed E-state index contributed by atoms with van der Waals surface area (Å²) in [6, 6.07) is 14.6. The third-order valence-electron chi connectivity index (χ3n) is 7.39. The number of carbonyl (C=O) groups is 2. The molecule has 2 aromatic carbocycles. The Kier molecular flexibility index (Phi) is 7.53. The Morgan fingerprint density at radius 3 is 2.51 bits per heavy atom. The number of amides is 1. The van der Waals surface area contributed by atoms with E-state index < -0.39 is 18.0 Å². The van der Waals surface area contributed by atoms with E-state index in [1.54, 1.807) is 81.1 Å². The molecule has 0 spiro atoms. The first kappa shape index (κ1) is 29.2. The molecule has 45 heavy (non-hydrogen) atoms. The molecule has 0 aliphatic rings. The minimum atomic E-state index is -0.727. The topological polar surface area (TPSA) is 155 Å². The lowest BCUT2D eigenvalue weighted by Gasteiger charge is -2.20. The van der Waals surface area contributed by atoms with Crippen LogP contribution in [0.25, 0.3) is 22.2 Å². The van der Waals surface area contributed by atoms with Crippen LogP contribution in [0.1, 0.15) is 63.4 Å². The van der Waals surface area contributed by atoms with E-state index in [9.17, 15) is 14.4 Å². The van der Waals surface area contributed by atoms with Crippen molar-refractivity contribution in [1.82, 2.24) is 39.2 Å². The van der Waals surface area contributed by atoms with Crippen LogP contribution in [-0.4, -0.2) is 51.7 Å². The second-order valence-corrected chi connectivity index (χ2v) is 10.6. The molecule has 4 heterocycles. The van der Waals surface area contributed by atoms with Gasteiger partial charge in [0.1, 0.15) is 17.1 Å². The quantitative estimate of drug-likeness (QED) is 0.219. The molecule has 0 saturated carbocycles. The Balaban J connectivity index is 1.47. The number of aromatic nitrogens is 7. The van der Waals surface area contributed by atoms with Crippen LogP contribution >= 0.6 is 0 Å². The van der Waals surface area contributed by atoms with Crippen LogP contribution in [-0.2, 0) is 7.05 Å². The first-order valence-corrected chi connectivity index (χ1v) is 14.2. The van der Waals surface area contributed by atoms with Gasteiger partial charge in [-0.2, -0.15) is 10.2 Å². The van der Waals surface area contributed by atoms with Gasteiger partial charge >= 0.3 is 0 Å². The predicted octanol–water partition coefficient (Wildman–Crippen LogP) is 2.89. The number of nitrogens with two attached hydrogens (primary N) is 1. The summed E-state index contributed by atoms with van der Waals surface area (Å²) in [5.41, 5.74) is 8.86. The van der Waals surface area contributed by atoms with Crippen molar-refractivity contribution in [2.45, 2.75) is 32.9 Å². The molecule has 6 rings (SSSR count). The summed E-state index contributed by atoms with van der Waals surface area (Å²) in [6.45, 7) is 5.11. The van der Waals surface area contributed by atoms with Gasteiger partial charge in [-0.3, -0.25) is 23.6 Å². The smallest absolute Gasteiger partial charge is 0.267 e. The Labute approximate surface area is 257 Å². The number of benzene rings is 2. The van der Waals surface area contributed by atoms with Gasteiger partial charge in [-0.25, -0.2) is 14.5 Å². The lowest BCUT2D eigenvalue weighted by atomic mass is 10.1. The van der Waals surface area contributed by atoms with Crippen molar-refractivity contribution in [2.24, 2.45) is 12.8 Å². The van der Waals surface area contributed by atoms with Gasteiger partial charge < -0.3 is 11.1 Å².